The van der Waals surface area contributed by atoms with E-state index in [1.165, 1.54) is 5.56 Å². The minimum Gasteiger partial charge on any atom is -0.309 e. The van der Waals surface area contributed by atoms with Crippen molar-refractivity contribution in [3.63, 3.8) is 0 Å². The molecule has 0 heterocycles. The maximum absolute atomic E-state index is 3.56. The lowest BCUT2D eigenvalue weighted by Gasteiger charge is -2.20. The molecule has 0 saturated carbocycles. The highest BCUT2D eigenvalue weighted by molar-refractivity contribution is 9.10. The summed E-state index contributed by atoms with van der Waals surface area (Å²) in [6.45, 7) is 11.0. The Bertz CT molecular complexity index is 324. The molecule has 0 unspecified atom stereocenters. The van der Waals surface area contributed by atoms with Gasteiger partial charge in [-0.1, -0.05) is 41.9 Å². The van der Waals surface area contributed by atoms with Crippen molar-refractivity contribution >= 4 is 15.9 Å². The molecule has 0 spiro atoms. The van der Waals surface area contributed by atoms with Crippen LogP contribution in [-0.2, 0) is 0 Å². The molecule has 3 heteroatoms. The van der Waals surface area contributed by atoms with E-state index in [1.54, 1.807) is 0 Å². The summed E-state index contributed by atoms with van der Waals surface area (Å²) >= 11 is 3.51. The molecular formula is C14H23BrN2. The highest BCUT2D eigenvalue weighted by Crippen LogP contribution is 2.17. The second kappa shape index (κ2) is 7.85. The van der Waals surface area contributed by atoms with Crippen LogP contribution >= 0.6 is 15.9 Å². The minimum atomic E-state index is 0.406. The number of hydrogen-bond acceptors (Lipinski definition) is 2. The number of hydrogen-bond donors (Lipinski definition) is 1. The number of nitrogens with zero attached hydrogens (tertiary/aromatic N) is 1. The number of rotatable bonds is 7. The molecular weight excluding hydrogens is 276 g/mol. The Balaban J connectivity index is 2.37. The van der Waals surface area contributed by atoms with Gasteiger partial charge in [0.25, 0.3) is 0 Å². The van der Waals surface area contributed by atoms with Crippen molar-refractivity contribution in [1.82, 2.24) is 10.2 Å². The Kier molecular flexibility index (Phi) is 6.78. The average Bonchev–Trinajstić information content (AvgIpc) is 2.34. The fourth-order valence-electron chi connectivity index (χ4n) is 1.87. The third-order valence-corrected chi connectivity index (χ3v) is 3.61. The molecule has 1 aromatic rings. The van der Waals surface area contributed by atoms with Crippen molar-refractivity contribution in [2.45, 2.75) is 26.8 Å². The van der Waals surface area contributed by atoms with Gasteiger partial charge in [-0.25, -0.2) is 0 Å². The maximum atomic E-state index is 3.56. The monoisotopic (exact) mass is 298 g/mol. The zero-order valence-electron chi connectivity index (χ0n) is 11.0. The quantitative estimate of drug-likeness (QED) is 0.829. The van der Waals surface area contributed by atoms with Crippen LogP contribution in [0.2, 0.25) is 0 Å². The Labute approximate surface area is 114 Å². The highest BCUT2D eigenvalue weighted by Gasteiger charge is 2.05. The van der Waals surface area contributed by atoms with Gasteiger partial charge >= 0.3 is 0 Å². The molecule has 0 aliphatic heterocycles. The summed E-state index contributed by atoms with van der Waals surface area (Å²) in [5, 5.41) is 3.56. The lowest BCUT2D eigenvalue weighted by molar-refractivity contribution is 0.298. The topological polar surface area (TPSA) is 15.3 Å². The molecule has 96 valence electrons. The van der Waals surface area contributed by atoms with Crippen LogP contribution in [0.25, 0.3) is 0 Å². The third-order valence-electron chi connectivity index (χ3n) is 3.12. The first kappa shape index (κ1) is 14.7. The lowest BCUT2D eigenvalue weighted by atomic mass is 10.1. The molecule has 17 heavy (non-hydrogen) atoms. The second-order valence-corrected chi connectivity index (χ2v) is 5.17. The van der Waals surface area contributed by atoms with Gasteiger partial charge in [0.05, 0.1) is 0 Å². The molecule has 0 radical (unpaired) electrons. The van der Waals surface area contributed by atoms with Gasteiger partial charge in [-0.2, -0.15) is 0 Å². The smallest absolute Gasteiger partial charge is 0.0292 e. The largest absolute Gasteiger partial charge is 0.309 e. The maximum Gasteiger partial charge on any atom is 0.0292 e. The zero-order valence-corrected chi connectivity index (χ0v) is 12.6. The van der Waals surface area contributed by atoms with E-state index in [0.717, 1.165) is 30.7 Å². The van der Waals surface area contributed by atoms with E-state index in [2.05, 4.69) is 71.2 Å². The Morgan fingerprint density at radius 1 is 1.29 bits per heavy atom. The van der Waals surface area contributed by atoms with Gasteiger partial charge in [-0.05, 0) is 37.7 Å². The van der Waals surface area contributed by atoms with E-state index in [9.17, 15) is 0 Å². The van der Waals surface area contributed by atoms with E-state index in [0.29, 0.717) is 6.04 Å². The molecule has 1 rings (SSSR count). The fourth-order valence-corrected chi connectivity index (χ4v) is 2.29. The number of halogens is 1. The lowest BCUT2D eigenvalue weighted by Crippen LogP contribution is -2.33. The van der Waals surface area contributed by atoms with Gasteiger partial charge in [0.2, 0.25) is 0 Å². The number of benzene rings is 1. The van der Waals surface area contributed by atoms with E-state index in [1.807, 2.05) is 0 Å². The fraction of sp³-hybridized carbons (Fsp3) is 0.571. The van der Waals surface area contributed by atoms with E-state index in [4.69, 9.17) is 0 Å². The molecule has 0 fully saturated rings. The molecule has 0 amide bonds. The van der Waals surface area contributed by atoms with Crippen molar-refractivity contribution in [3.8, 4) is 0 Å². The normalized spacial score (nSPS) is 13.0. The van der Waals surface area contributed by atoms with E-state index < -0.39 is 0 Å². The van der Waals surface area contributed by atoms with Crippen molar-refractivity contribution < 1.29 is 0 Å². The van der Waals surface area contributed by atoms with Crippen LogP contribution in [0, 0.1) is 0 Å². The standard InChI is InChI=1S/C14H23BrN2/c1-4-17(5-2)10-9-16-12(3)13-7-6-8-14(15)11-13/h6-8,11-12,16H,4-5,9-10H2,1-3H3/t12-/m0/s1. The molecule has 1 aromatic carbocycles. The molecule has 0 saturated heterocycles. The summed E-state index contributed by atoms with van der Waals surface area (Å²) in [7, 11) is 0. The first-order chi connectivity index (χ1) is 8.17. The minimum absolute atomic E-state index is 0.406. The predicted molar refractivity (Wildman–Crippen MR) is 78.3 cm³/mol. The average molecular weight is 299 g/mol. The van der Waals surface area contributed by atoms with E-state index in [-0.39, 0.29) is 0 Å². The predicted octanol–water partition coefficient (Wildman–Crippen LogP) is 3.44. The first-order valence-electron chi connectivity index (χ1n) is 6.38. The Morgan fingerprint density at radius 2 is 2.00 bits per heavy atom. The number of nitrogens with one attached hydrogen (secondary N) is 1. The van der Waals surface area contributed by atoms with Crippen LogP contribution in [-0.4, -0.2) is 31.1 Å². The molecule has 0 aromatic heterocycles. The van der Waals surface area contributed by atoms with Crippen LogP contribution in [0.15, 0.2) is 28.7 Å². The summed E-state index contributed by atoms with van der Waals surface area (Å²) in [5.74, 6) is 0. The Morgan fingerprint density at radius 3 is 2.59 bits per heavy atom. The van der Waals surface area contributed by atoms with Crippen molar-refractivity contribution in [2.24, 2.45) is 0 Å². The van der Waals surface area contributed by atoms with Gasteiger partial charge in [-0.15, -0.1) is 0 Å². The van der Waals surface area contributed by atoms with Gasteiger partial charge < -0.3 is 10.2 Å². The van der Waals surface area contributed by atoms with Crippen LogP contribution in [0.3, 0.4) is 0 Å². The third kappa shape index (κ3) is 5.19. The second-order valence-electron chi connectivity index (χ2n) is 4.26. The summed E-state index contributed by atoms with van der Waals surface area (Å²) in [6.07, 6.45) is 0. The molecule has 1 atom stereocenters. The molecule has 0 bridgehead atoms. The molecule has 1 N–H and O–H groups in total. The Hall–Kier alpha value is -0.380. The van der Waals surface area contributed by atoms with Crippen LogP contribution < -0.4 is 5.32 Å². The van der Waals surface area contributed by atoms with Crippen LogP contribution in [0.1, 0.15) is 32.4 Å². The molecule has 0 aliphatic carbocycles. The first-order valence-corrected chi connectivity index (χ1v) is 7.17. The summed E-state index contributed by atoms with van der Waals surface area (Å²) in [4.78, 5) is 2.43. The SMILES string of the molecule is CCN(CC)CCN[C@@H](C)c1cccc(Br)c1. The molecule has 2 nitrogen and oxygen atoms in total. The summed E-state index contributed by atoms with van der Waals surface area (Å²) in [5.41, 5.74) is 1.33. The van der Waals surface area contributed by atoms with Gasteiger partial charge in [0, 0.05) is 23.6 Å². The van der Waals surface area contributed by atoms with Gasteiger partial charge in [-0.3, -0.25) is 0 Å². The van der Waals surface area contributed by atoms with Crippen molar-refractivity contribution in [2.75, 3.05) is 26.2 Å². The summed E-state index contributed by atoms with van der Waals surface area (Å²) < 4.78 is 1.15. The van der Waals surface area contributed by atoms with Crippen LogP contribution in [0.4, 0.5) is 0 Å². The van der Waals surface area contributed by atoms with Gasteiger partial charge in [0.15, 0.2) is 0 Å². The van der Waals surface area contributed by atoms with Crippen molar-refractivity contribution in [1.29, 1.82) is 0 Å². The van der Waals surface area contributed by atoms with Crippen LogP contribution in [0.5, 0.6) is 0 Å². The molecule has 0 aliphatic rings. The summed E-state index contributed by atoms with van der Waals surface area (Å²) in [6, 6.07) is 8.89. The van der Waals surface area contributed by atoms with E-state index >= 15 is 0 Å². The number of likely N-dealkylation sites (N-methyl/N-ethyl adjacent to an activating group) is 1. The highest BCUT2D eigenvalue weighted by atomic mass is 79.9. The van der Waals surface area contributed by atoms with Gasteiger partial charge in [0.1, 0.15) is 0 Å². The zero-order chi connectivity index (χ0) is 12.7. The van der Waals surface area contributed by atoms with Crippen molar-refractivity contribution in [3.05, 3.63) is 34.3 Å².